The number of aromatic nitrogens is 2. The number of hydrogen-bond acceptors (Lipinski definition) is 5. The minimum absolute atomic E-state index is 0.0689. The topological polar surface area (TPSA) is 146 Å². The number of carbonyl (C=O) groups excluding carboxylic acids is 1. The lowest BCUT2D eigenvalue weighted by Crippen LogP contribution is -2.58. The average Bonchev–Trinajstić information content (AvgIpc) is 3.04. The molecule has 8 heteroatoms. The van der Waals surface area contributed by atoms with Gasteiger partial charge in [-0.1, -0.05) is 27.2 Å². The van der Waals surface area contributed by atoms with Crippen molar-refractivity contribution in [1.82, 2.24) is 9.97 Å². The van der Waals surface area contributed by atoms with Crippen molar-refractivity contribution < 1.29 is 24.6 Å². The van der Waals surface area contributed by atoms with Gasteiger partial charge in [0.25, 0.3) is 0 Å². The predicted octanol–water partition coefficient (Wildman–Crippen LogP) is 1.61. The summed E-state index contributed by atoms with van der Waals surface area (Å²) in [5.74, 6) is -3.52. The molecule has 3 atom stereocenters. The van der Waals surface area contributed by atoms with Gasteiger partial charge in [-0.3, -0.25) is 14.4 Å². The maximum atomic E-state index is 13.1. The Labute approximate surface area is 146 Å². The Bertz CT molecular complexity index is 616. The maximum Gasteiger partial charge on any atom is 0.318 e. The third-order valence-electron chi connectivity index (χ3n) is 5.15. The molecule has 2 unspecified atom stereocenters. The number of hydrogen-bond donors (Lipinski definition) is 4. The lowest BCUT2D eigenvalue weighted by molar-refractivity contribution is -0.172. The Balaban J connectivity index is 3.39. The van der Waals surface area contributed by atoms with Crippen LogP contribution in [-0.4, -0.2) is 43.9 Å². The van der Waals surface area contributed by atoms with Gasteiger partial charge in [0.15, 0.2) is 5.78 Å². The lowest BCUT2D eigenvalue weighted by Gasteiger charge is -2.44. The summed E-state index contributed by atoms with van der Waals surface area (Å²) in [6.45, 7) is 5.30. The fourth-order valence-electron chi connectivity index (χ4n) is 3.55. The van der Waals surface area contributed by atoms with Crippen molar-refractivity contribution in [3.8, 4) is 0 Å². The number of aromatic amines is 1. The number of nitrogens with one attached hydrogen (secondary N) is 1. The summed E-state index contributed by atoms with van der Waals surface area (Å²) >= 11 is 0. The van der Waals surface area contributed by atoms with Crippen LogP contribution in [0.1, 0.15) is 52.1 Å². The van der Waals surface area contributed by atoms with Crippen LogP contribution in [0.25, 0.3) is 0 Å². The number of aliphatic carboxylic acids is 2. The second-order valence-electron chi connectivity index (χ2n) is 6.70. The second-order valence-corrected chi connectivity index (χ2v) is 6.70. The number of carboxylic acid groups (broad SMARTS) is 2. The molecule has 0 amide bonds. The van der Waals surface area contributed by atoms with Crippen molar-refractivity contribution in [3.63, 3.8) is 0 Å². The number of ketones is 1. The normalized spacial score (nSPS) is 17.3. The van der Waals surface area contributed by atoms with E-state index in [1.54, 1.807) is 13.8 Å². The molecular formula is C17H27N3O5. The van der Waals surface area contributed by atoms with Gasteiger partial charge >= 0.3 is 11.9 Å². The summed E-state index contributed by atoms with van der Waals surface area (Å²) in [4.78, 5) is 43.5. The molecule has 5 N–H and O–H groups in total. The molecule has 1 heterocycles. The van der Waals surface area contributed by atoms with E-state index in [2.05, 4.69) is 9.97 Å². The van der Waals surface area contributed by atoms with E-state index < -0.39 is 41.0 Å². The highest BCUT2D eigenvalue weighted by Crippen LogP contribution is 2.49. The molecule has 1 rings (SSSR count). The second kappa shape index (κ2) is 8.24. The van der Waals surface area contributed by atoms with Crippen LogP contribution < -0.4 is 5.73 Å². The first kappa shape index (κ1) is 20.8. The zero-order valence-corrected chi connectivity index (χ0v) is 14.9. The summed E-state index contributed by atoms with van der Waals surface area (Å²) in [5, 5.41) is 19.3. The molecule has 1 aromatic rings. The van der Waals surface area contributed by atoms with E-state index in [4.69, 9.17) is 5.73 Å². The smallest absolute Gasteiger partial charge is 0.318 e. The predicted molar refractivity (Wildman–Crippen MR) is 90.9 cm³/mol. The number of nitrogens with zero attached hydrogens (tertiary/aromatic N) is 1. The number of imidazole rings is 1. The third-order valence-corrected chi connectivity index (χ3v) is 5.15. The highest BCUT2D eigenvalue weighted by Gasteiger charge is 2.60. The van der Waals surface area contributed by atoms with Crippen molar-refractivity contribution in [2.45, 2.75) is 58.9 Å². The molecular weight excluding hydrogens is 326 g/mol. The van der Waals surface area contributed by atoms with Crippen LogP contribution in [0.5, 0.6) is 0 Å². The van der Waals surface area contributed by atoms with Gasteiger partial charge in [-0.25, -0.2) is 4.98 Å². The fourth-order valence-corrected chi connectivity index (χ4v) is 3.55. The Morgan fingerprint density at radius 2 is 1.96 bits per heavy atom. The molecule has 0 saturated heterocycles. The van der Waals surface area contributed by atoms with Gasteiger partial charge in [-0.2, -0.15) is 0 Å². The first-order valence-electron chi connectivity index (χ1n) is 8.37. The van der Waals surface area contributed by atoms with E-state index >= 15 is 0 Å². The lowest BCUT2D eigenvalue weighted by atomic mass is 9.56. The Kier molecular flexibility index (Phi) is 6.87. The molecule has 140 valence electrons. The number of rotatable bonds is 11. The zero-order valence-electron chi connectivity index (χ0n) is 14.9. The summed E-state index contributed by atoms with van der Waals surface area (Å²) in [5.41, 5.74) is 3.49. The van der Waals surface area contributed by atoms with Crippen LogP contribution in [0.15, 0.2) is 12.5 Å². The van der Waals surface area contributed by atoms with Crippen molar-refractivity contribution in [2.24, 2.45) is 16.6 Å². The van der Waals surface area contributed by atoms with E-state index in [1.807, 2.05) is 6.92 Å². The van der Waals surface area contributed by atoms with Gasteiger partial charge in [0.05, 0.1) is 18.8 Å². The maximum absolute atomic E-state index is 13.1. The summed E-state index contributed by atoms with van der Waals surface area (Å²) < 4.78 is 0. The Morgan fingerprint density at radius 1 is 1.32 bits per heavy atom. The van der Waals surface area contributed by atoms with Crippen molar-refractivity contribution >= 4 is 17.7 Å². The molecule has 1 aromatic heterocycles. The number of carbonyl (C=O) groups is 3. The highest BCUT2D eigenvalue weighted by molar-refractivity contribution is 6.08. The van der Waals surface area contributed by atoms with Crippen molar-refractivity contribution in [1.29, 1.82) is 0 Å². The third kappa shape index (κ3) is 4.07. The standard InChI is InChI=1S/C17H27N3O5/c1-4-6-16(3,5-2)17(15(24)25,8-13(21)22)14(23)12(18)7-11-9-19-10-20-11/h9-10,12H,4-8,18H2,1-3H3,(H,19,20)(H,21,22)(H,24,25)/t12-,16?,17?/m0/s1. The monoisotopic (exact) mass is 353 g/mol. The van der Waals surface area contributed by atoms with Crippen LogP contribution in [0.3, 0.4) is 0 Å². The number of Topliss-reactive ketones (excluding diaryl/α,β-unsaturated/α-hetero) is 1. The fraction of sp³-hybridized carbons (Fsp3) is 0.647. The van der Waals surface area contributed by atoms with E-state index in [0.29, 0.717) is 25.0 Å². The molecule has 0 bridgehead atoms. The Hall–Kier alpha value is -2.22. The van der Waals surface area contributed by atoms with E-state index in [-0.39, 0.29) is 6.42 Å². The van der Waals surface area contributed by atoms with Gasteiger partial charge in [0.2, 0.25) is 0 Å². The van der Waals surface area contributed by atoms with E-state index in [1.165, 1.54) is 12.5 Å². The van der Waals surface area contributed by atoms with E-state index in [0.717, 1.165) is 0 Å². The molecule has 0 aromatic carbocycles. The SMILES string of the molecule is CCCC(C)(CC)C(CC(=O)O)(C(=O)O)C(=O)[C@@H](N)Cc1cnc[nH]1. The summed E-state index contributed by atoms with van der Waals surface area (Å²) in [6, 6.07) is -1.14. The molecule has 0 aliphatic carbocycles. The van der Waals surface area contributed by atoms with Crippen LogP contribution in [0, 0.1) is 10.8 Å². The molecule has 0 fully saturated rings. The quantitative estimate of drug-likeness (QED) is 0.442. The number of nitrogens with two attached hydrogens (primary N) is 1. The average molecular weight is 353 g/mol. The first-order valence-corrected chi connectivity index (χ1v) is 8.37. The van der Waals surface area contributed by atoms with Gasteiger partial charge in [0.1, 0.15) is 5.41 Å². The van der Waals surface area contributed by atoms with Crippen LogP contribution in [0.4, 0.5) is 0 Å². The number of H-pyrrole nitrogens is 1. The van der Waals surface area contributed by atoms with E-state index in [9.17, 15) is 24.6 Å². The molecule has 8 nitrogen and oxygen atoms in total. The molecule has 0 radical (unpaired) electrons. The number of carboxylic acids is 2. The largest absolute Gasteiger partial charge is 0.481 e. The minimum Gasteiger partial charge on any atom is -0.481 e. The summed E-state index contributed by atoms with van der Waals surface area (Å²) in [7, 11) is 0. The van der Waals surface area contributed by atoms with Gasteiger partial charge in [-0.15, -0.1) is 0 Å². The molecule has 0 saturated carbocycles. The highest BCUT2D eigenvalue weighted by atomic mass is 16.4. The summed E-state index contributed by atoms with van der Waals surface area (Å²) in [6.07, 6.45) is 3.59. The molecule has 0 aliphatic rings. The minimum atomic E-state index is -2.08. The molecule has 25 heavy (non-hydrogen) atoms. The van der Waals surface area contributed by atoms with Crippen molar-refractivity contribution in [2.75, 3.05) is 0 Å². The first-order chi connectivity index (χ1) is 11.6. The van der Waals surface area contributed by atoms with Gasteiger partial charge in [-0.05, 0) is 18.3 Å². The zero-order chi connectivity index (χ0) is 19.3. The van der Waals surface area contributed by atoms with Crippen molar-refractivity contribution in [3.05, 3.63) is 18.2 Å². The molecule has 0 aliphatic heterocycles. The molecule has 0 spiro atoms. The van der Waals surface area contributed by atoms with Crippen LogP contribution in [0.2, 0.25) is 0 Å². The Morgan fingerprint density at radius 3 is 2.36 bits per heavy atom. The van der Waals surface area contributed by atoms with Gasteiger partial charge in [0, 0.05) is 18.3 Å². The van der Waals surface area contributed by atoms with Crippen LogP contribution in [-0.2, 0) is 20.8 Å². The van der Waals surface area contributed by atoms with Crippen LogP contribution >= 0.6 is 0 Å². The van der Waals surface area contributed by atoms with Gasteiger partial charge < -0.3 is 20.9 Å².